The number of carbonyl (C=O) groups excluding carboxylic acids is 1. The van der Waals surface area contributed by atoms with Crippen LogP contribution >= 0.6 is 0 Å². The Hall–Kier alpha value is -1.55. The van der Waals surface area contributed by atoms with Gasteiger partial charge in [0.25, 0.3) is 0 Å². The van der Waals surface area contributed by atoms with Crippen LogP contribution < -0.4 is 9.47 Å². The average Bonchev–Trinajstić information content (AvgIpc) is 2.63. The lowest BCUT2D eigenvalue weighted by Crippen LogP contribution is -2.46. The molecule has 2 atom stereocenters. The summed E-state index contributed by atoms with van der Waals surface area (Å²) in [7, 11) is -1.67. The lowest BCUT2D eigenvalue weighted by atomic mass is 9.80. The number of aryl methyl sites for hydroxylation is 1. The van der Waals surface area contributed by atoms with Gasteiger partial charge in [-0.15, -0.1) is 0 Å². The second-order valence-corrected chi connectivity index (χ2v) is 6.13. The van der Waals surface area contributed by atoms with E-state index in [1.807, 2.05) is 0 Å². The van der Waals surface area contributed by atoms with Crippen LogP contribution in [0.25, 0.3) is 0 Å². The van der Waals surface area contributed by atoms with Crippen molar-refractivity contribution in [1.29, 1.82) is 0 Å². The zero-order valence-electron chi connectivity index (χ0n) is 23.4. The Morgan fingerprint density at radius 1 is 1.43 bits per heavy atom. The fraction of sp³-hybridized carbons (Fsp3) is 0.632. The smallest absolute Gasteiger partial charge is 0.161 e. The first-order chi connectivity index (χ1) is 14.8. The van der Waals surface area contributed by atoms with Crippen LogP contribution in [0.5, 0.6) is 11.5 Å². The first-order valence-corrected chi connectivity index (χ1v) is 7.52. The van der Waals surface area contributed by atoms with Crippen LogP contribution in [0, 0.1) is 11.8 Å². The summed E-state index contributed by atoms with van der Waals surface area (Å²) in [6.07, 6.45) is -5.51. The van der Waals surface area contributed by atoms with Crippen LogP contribution in [0.2, 0.25) is 0 Å². The van der Waals surface area contributed by atoms with Crippen LogP contribution in [-0.2, 0) is 11.2 Å². The maximum absolute atomic E-state index is 13.2. The van der Waals surface area contributed by atoms with Crippen molar-refractivity contribution in [2.24, 2.45) is 11.8 Å². The maximum Gasteiger partial charge on any atom is 0.161 e. The zero-order chi connectivity index (χ0) is 25.4. The molecule has 1 saturated heterocycles. The molecule has 2 aliphatic heterocycles. The van der Waals surface area contributed by atoms with E-state index in [2.05, 4.69) is 0 Å². The quantitative estimate of drug-likeness (QED) is 0.851. The second-order valence-electron chi connectivity index (χ2n) is 6.13. The van der Waals surface area contributed by atoms with Gasteiger partial charge in [-0.05, 0) is 42.0 Å². The second kappa shape index (κ2) is 6.52. The molecule has 0 bridgehead atoms. The summed E-state index contributed by atoms with van der Waals surface area (Å²) >= 11 is 0. The monoisotopic (exact) mass is 327 g/mol. The average molecular weight is 327 g/mol. The van der Waals surface area contributed by atoms with Gasteiger partial charge in [0.1, 0.15) is 5.78 Å². The number of methoxy groups -OCH3 is 2. The fourth-order valence-electron chi connectivity index (χ4n) is 2.95. The summed E-state index contributed by atoms with van der Waals surface area (Å²) in [6.45, 7) is 0.202. The molecule has 2 unspecified atom stereocenters. The SMILES string of the molecule is [2H]C([2H])([2H])Oc1cc2c(cc1OC)C1N(CC([2H])(CC(C)C)C(=O)C1([2H])[2H])C([2H])([2H])C2([2H])[2H]. The summed E-state index contributed by atoms with van der Waals surface area (Å²) in [5, 5.41) is 0. The molecule has 23 heavy (non-hydrogen) atoms. The van der Waals surface area contributed by atoms with Crippen molar-refractivity contribution < 1.29 is 28.0 Å². The molecule has 3 rings (SSSR count). The molecule has 0 saturated carbocycles. The molecule has 0 aromatic heterocycles. The number of benzene rings is 1. The molecule has 126 valence electrons. The predicted octanol–water partition coefficient (Wildman–Crippen LogP) is 3.24. The van der Waals surface area contributed by atoms with E-state index < -0.39 is 50.5 Å². The number of rotatable bonds is 4. The van der Waals surface area contributed by atoms with E-state index in [0.717, 1.165) is 11.0 Å². The molecular formula is C19H27NO3. The third kappa shape index (κ3) is 3.09. The number of ether oxygens (including phenoxy) is 2. The molecule has 0 aliphatic carbocycles. The van der Waals surface area contributed by atoms with E-state index in [1.165, 1.54) is 13.2 Å². The Morgan fingerprint density at radius 3 is 2.91 bits per heavy atom. The van der Waals surface area contributed by atoms with Crippen molar-refractivity contribution in [1.82, 2.24) is 4.90 Å². The van der Waals surface area contributed by atoms with E-state index in [0.29, 0.717) is 0 Å². The normalized spacial score (nSPS) is 41.0. The van der Waals surface area contributed by atoms with Crippen molar-refractivity contribution in [3.8, 4) is 11.5 Å². The molecule has 2 aliphatic rings. The minimum Gasteiger partial charge on any atom is -0.493 e. The minimum absolute atomic E-state index is 0.0187. The highest BCUT2D eigenvalue weighted by Crippen LogP contribution is 2.42. The van der Waals surface area contributed by atoms with Gasteiger partial charge >= 0.3 is 0 Å². The van der Waals surface area contributed by atoms with Gasteiger partial charge in [0.2, 0.25) is 0 Å². The molecular weight excluding hydrogens is 290 g/mol. The Labute approximate surface area is 152 Å². The minimum atomic E-state index is -2.90. The summed E-state index contributed by atoms with van der Waals surface area (Å²) < 4.78 is 92.5. The molecule has 0 amide bonds. The number of nitrogens with zero attached hydrogens (tertiary/aromatic N) is 1. The van der Waals surface area contributed by atoms with E-state index in [-0.39, 0.29) is 35.0 Å². The van der Waals surface area contributed by atoms with E-state index in [9.17, 15) is 4.79 Å². The maximum atomic E-state index is 13.2. The highest BCUT2D eigenvalue weighted by Gasteiger charge is 2.38. The number of fused-ring (bicyclic) bond motifs is 3. The number of carbonyl (C=O) groups is 1. The van der Waals surface area contributed by atoms with Crippen molar-refractivity contribution in [2.75, 3.05) is 27.2 Å². The first-order valence-electron chi connectivity index (χ1n) is 12.5. The molecule has 0 spiro atoms. The Bertz CT molecular complexity index is 962. The lowest BCUT2D eigenvalue weighted by molar-refractivity contribution is -0.129. The highest BCUT2D eigenvalue weighted by atomic mass is 16.5. The summed E-state index contributed by atoms with van der Waals surface area (Å²) in [6, 6.07) is 0.624. The van der Waals surface area contributed by atoms with E-state index in [1.54, 1.807) is 13.8 Å². The first kappa shape index (κ1) is 8.02. The van der Waals surface area contributed by atoms with Gasteiger partial charge < -0.3 is 9.47 Å². The number of Topliss-reactive ketones (excluding diaryl/α,β-unsaturated/α-hetero) is 1. The number of hydrogen-bond acceptors (Lipinski definition) is 4. The summed E-state index contributed by atoms with van der Waals surface area (Å²) in [5.41, 5.74) is -0.401. The van der Waals surface area contributed by atoms with Gasteiger partial charge in [0.15, 0.2) is 11.5 Å². The van der Waals surface area contributed by atoms with Crippen molar-refractivity contribution >= 4 is 5.78 Å². The fourth-order valence-corrected chi connectivity index (χ4v) is 2.95. The zero-order valence-corrected chi connectivity index (χ0v) is 13.4. The summed E-state index contributed by atoms with van der Waals surface area (Å²) in [5.74, 6) is -3.61. The van der Waals surface area contributed by atoms with Gasteiger partial charge in [-0.1, -0.05) is 13.8 Å². The molecule has 1 aromatic carbocycles. The standard InChI is InChI=1S/C19H27NO3/c1-12(2)7-14-11-20-6-5-13-8-18(22-3)19(23-4)9-15(13)16(20)10-17(14)21/h8-9,12,14,16H,5-7,10-11H2,1-4H3/i3D3,5D2,6D2,10D2,14D. The van der Waals surface area contributed by atoms with E-state index >= 15 is 0 Å². The molecule has 0 radical (unpaired) electrons. The van der Waals surface area contributed by atoms with Crippen LogP contribution in [-0.4, -0.2) is 37.9 Å². The van der Waals surface area contributed by atoms with Crippen molar-refractivity contribution in [3.63, 3.8) is 0 Å². The molecule has 4 heteroatoms. The Balaban J connectivity index is 2.30. The van der Waals surface area contributed by atoms with Gasteiger partial charge in [0.05, 0.1) is 18.3 Å². The third-order valence-corrected chi connectivity index (χ3v) is 3.99. The molecule has 2 heterocycles. The van der Waals surface area contributed by atoms with Gasteiger partial charge in [-0.3, -0.25) is 9.69 Å². The number of hydrogen-bond donors (Lipinski definition) is 0. The molecule has 4 nitrogen and oxygen atoms in total. The number of ketones is 1. The van der Waals surface area contributed by atoms with Crippen LogP contribution in [0.1, 0.15) is 57.5 Å². The number of piperidine rings is 1. The van der Waals surface area contributed by atoms with Crippen molar-refractivity contribution in [2.45, 2.75) is 39.1 Å². The predicted molar refractivity (Wildman–Crippen MR) is 90.1 cm³/mol. The van der Waals surface area contributed by atoms with Crippen LogP contribution in [0.3, 0.4) is 0 Å². The Morgan fingerprint density at radius 2 is 2.22 bits per heavy atom. The van der Waals surface area contributed by atoms with E-state index in [4.69, 9.17) is 23.2 Å². The van der Waals surface area contributed by atoms with Crippen LogP contribution in [0.4, 0.5) is 0 Å². The molecule has 1 fully saturated rings. The molecule has 0 N–H and O–H groups in total. The van der Waals surface area contributed by atoms with Crippen molar-refractivity contribution in [3.05, 3.63) is 23.3 Å². The van der Waals surface area contributed by atoms with Crippen LogP contribution in [0.15, 0.2) is 12.1 Å². The highest BCUT2D eigenvalue weighted by molar-refractivity contribution is 5.83. The molecule has 1 aromatic rings. The van der Waals surface area contributed by atoms with Gasteiger partial charge in [-0.2, -0.15) is 0 Å². The van der Waals surface area contributed by atoms with Gasteiger partial charge in [0, 0.05) is 40.9 Å². The lowest BCUT2D eigenvalue weighted by Gasteiger charge is -2.43. The Kier molecular flexibility index (Phi) is 2.27. The summed E-state index contributed by atoms with van der Waals surface area (Å²) in [4.78, 5) is 14.1. The van der Waals surface area contributed by atoms with Gasteiger partial charge in [-0.25, -0.2) is 0 Å². The topological polar surface area (TPSA) is 38.8 Å². The largest absolute Gasteiger partial charge is 0.493 e. The third-order valence-electron chi connectivity index (χ3n) is 3.99.